The van der Waals surface area contributed by atoms with Crippen LogP contribution in [0.15, 0.2) is 0 Å². The van der Waals surface area contributed by atoms with Crippen LogP contribution in [0.25, 0.3) is 0 Å². The standard InChI is InChI=1S/C15H25N3O/c1-13-5-2-3-10-18(13)15(19)14-6-11-17(12-7-14)9-4-8-16/h13-14H,2-7,9-12H2,1H3. The third-order valence-electron chi connectivity index (χ3n) is 4.56. The van der Waals surface area contributed by atoms with Crippen molar-refractivity contribution in [1.29, 1.82) is 5.26 Å². The van der Waals surface area contributed by atoms with Crippen molar-refractivity contribution in [1.82, 2.24) is 9.80 Å². The number of carbonyl (C=O) groups is 1. The molecule has 106 valence electrons. The van der Waals surface area contributed by atoms with E-state index in [2.05, 4.69) is 22.8 Å². The molecule has 2 rings (SSSR count). The van der Waals surface area contributed by atoms with Gasteiger partial charge in [0.25, 0.3) is 0 Å². The molecule has 4 nitrogen and oxygen atoms in total. The van der Waals surface area contributed by atoms with Gasteiger partial charge in [-0.2, -0.15) is 5.26 Å². The number of nitriles is 1. The van der Waals surface area contributed by atoms with Crippen LogP contribution in [0.2, 0.25) is 0 Å². The molecule has 0 aromatic heterocycles. The minimum Gasteiger partial charge on any atom is -0.340 e. The van der Waals surface area contributed by atoms with Gasteiger partial charge in [0.2, 0.25) is 5.91 Å². The molecule has 4 heteroatoms. The fraction of sp³-hybridized carbons (Fsp3) is 0.867. The molecule has 2 heterocycles. The van der Waals surface area contributed by atoms with Gasteiger partial charge in [0, 0.05) is 31.5 Å². The van der Waals surface area contributed by atoms with Crippen LogP contribution in [0.4, 0.5) is 0 Å². The Kier molecular flexibility index (Phi) is 5.21. The minimum atomic E-state index is 0.221. The average Bonchev–Trinajstić information content (AvgIpc) is 2.45. The number of rotatable bonds is 3. The summed E-state index contributed by atoms with van der Waals surface area (Å²) in [5, 5.41) is 8.60. The highest BCUT2D eigenvalue weighted by atomic mass is 16.2. The Morgan fingerprint density at radius 1 is 1.21 bits per heavy atom. The number of piperidine rings is 2. The van der Waals surface area contributed by atoms with Crippen LogP contribution in [0.5, 0.6) is 0 Å². The number of hydrogen-bond acceptors (Lipinski definition) is 3. The van der Waals surface area contributed by atoms with Crippen molar-refractivity contribution >= 4 is 5.91 Å². The molecular formula is C15H25N3O. The van der Waals surface area contributed by atoms with E-state index in [4.69, 9.17) is 5.26 Å². The summed E-state index contributed by atoms with van der Waals surface area (Å²) in [4.78, 5) is 17.0. The van der Waals surface area contributed by atoms with Gasteiger partial charge in [0.1, 0.15) is 0 Å². The molecular weight excluding hydrogens is 238 g/mol. The van der Waals surface area contributed by atoms with Gasteiger partial charge in [-0.3, -0.25) is 4.79 Å². The molecule has 0 aromatic rings. The summed E-state index contributed by atoms with van der Waals surface area (Å²) in [6, 6.07) is 2.62. The van der Waals surface area contributed by atoms with Crippen molar-refractivity contribution in [3.05, 3.63) is 0 Å². The third-order valence-corrected chi connectivity index (χ3v) is 4.56. The molecule has 0 aromatic carbocycles. The summed E-state index contributed by atoms with van der Waals surface area (Å²) in [6.45, 7) is 5.94. The highest BCUT2D eigenvalue weighted by molar-refractivity contribution is 5.79. The van der Waals surface area contributed by atoms with Crippen molar-refractivity contribution in [2.24, 2.45) is 5.92 Å². The van der Waals surface area contributed by atoms with Crippen molar-refractivity contribution in [3.63, 3.8) is 0 Å². The van der Waals surface area contributed by atoms with Gasteiger partial charge in [-0.1, -0.05) is 0 Å². The molecule has 0 spiro atoms. The van der Waals surface area contributed by atoms with Gasteiger partial charge >= 0.3 is 0 Å². The zero-order chi connectivity index (χ0) is 13.7. The molecule has 19 heavy (non-hydrogen) atoms. The van der Waals surface area contributed by atoms with E-state index in [9.17, 15) is 4.79 Å². The van der Waals surface area contributed by atoms with Gasteiger partial charge in [0.15, 0.2) is 0 Å². The number of nitrogens with zero attached hydrogens (tertiary/aromatic N) is 3. The molecule has 0 aliphatic carbocycles. The highest BCUT2D eigenvalue weighted by Crippen LogP contribution is 2.24. The zero-order valence-electron chi connectivity index (χ0n) is 12.0. The van der Waals surface area contributed by atoms with Crippen LogP contribution in [-0.4, -0.2) is 47.9 Å². The number of carbonyl (C=O) groups excluding carboxylic acids is 1. The summed E-state index contributed by atoms with van der Waals surface area (Å²) in [5.41, 5.74) is 0. The number of likely N-dealkylation sites (tertiary alicyclic amines) is 2. The summed E-state index contributed by atoms with van der Waals surface area (Å²) >= 11 is 0. The van der Waals surface area contributed by atoms with Crippen LogP contribution in [-0.2, 0) is 4.79 Å². The lowest BCUT2D eigenvalue weighted by molar-refractivity contribution is -0.140. The molecule has 2 aliphatic rings. The second-order valence-electron chi connectivity index (χ2n) is 5.90. The van der Waals surface area contributed by atoms with Crippen LogP contribution < -0.4 is 0 Å². The smallest absolute Gasteiger partial charge is 0.226 e. The van der Waals surface area contributed by atoms with Gasteiger partial charge in [-0.25, -0.2) is 0 Å². The van der Waals surface area contributed by atoms with E-state index in [0.717, 1.165) is 51.9 Å². The predicted molar refractivity (Wildman–Crippen MR) is 74.4 cm³/mol. The lowest BCUT2D eigenvalue weighted by Crippen LogP contribution is -2.47. The van der Waals surface area contributed by atoms with E-state index >= 15 is 0 Å². The van der Waals surface area contributed by atoms with E-state index in [1.165, 1.54) is 6.42 Å². The quantitative estimate of drug-likeness (QED) is 0.782. The fourth-order valence-corrected chi connectivity index (χ4v) is 3.27. The van der Waals surface area contributed by atoms with Crippen molar-refractivity contribution in [2.75, 3.05) is 26.2 Å². The van der Waals surface area contributed by atoms with Crippen molar-refractivity contribution in [2.45, 2.75) is 51.5 Å². The summed E-state index contributed by atoms with van der Waals surface area (Å²) < 4.78 is 0. The Morgan fingerprint density at radius 2 is 1.95 bits per heavy atom. The van der Waals surface area contributed by atoms with Gasteiger partial charge < -0.3 is 9.80 Å². The first kappa shape index (κ1) is 14.3. The zero-order valence-corrected chi connectivity index (χ0v) is 12.0. The molecule has 0 saturated carbocycles. The van der Waals surface area contributed by atoms with Crippen LogP contribution in [0.1, 0.15) is 45.4 Å². The normalized spacial score (nSPS) is 26.1. The molecule has 0 radical (unpaired) electrons. The molecule has 0 N–H and O–H groups in total. The van der Waals surface area contributed by atoms with Crippen molar-refractivity contribution in [3.8, 4) is 6.07 Å². The Morgan fingerprint density at radius 3 is 2.58 bits per heavy atom. The van der Waals surface area contributed by atoms with Gasteiger partial charge in [-0.05, 0) is 52.1 Å². The second kappa shape index (κ2) is 6.91. The Labute approximate surface area is 116 Å². The van der Waals surface area contributed by atoms with Gasteiger partial charge in [0.05, 0.1) is 6.07 Å². The molecule has 2 aliphatic heterocycles. The average molecular weight is 263 g/mol. The number of hydrogen-bond donors (Lipinski definition) is 0. The largest absolute Gasteiger partial charge is 0.340 e. The maximum Gasteiger partial charge on any atom is 0.226 e. The second-order valence-corrected chi connectivity index (χ2v) is 5.90. The SMILES string of the molecule is CC1CCCCN1C(=O)C1CCN(CCC#N)CC1. The molecule has 1 atom stereocenters. The Bertz CT molecular complexity index is 342. The highest BCUT2D eigenvalue weighted by Gasteiger charge is 2.31. The predicted octanol–water partition coefficient (Wildman–Crippen LogP) is 2.01. The van der Waals surface area contributed by atoms with E-state index < -0.39 is 0 Å². The monoisotopic (exact) mass is 263 g/mol. The lowest BCUT2D eigenvalue weighted by atomic mass is 9.93. The maximum atomic E-state index is 12.5. The molecule has 2 saturated heterocycles. The first-order chi connectivity index (χ1) is 9.22. The van der Waals surface area contributed by atoms with Crippen molar-refractivity contribution < 1.29 is 4.79 Å². The Balaban J connectivity index is 1.80. The van der Waals surface area contributed by atoms with Gasteiger partial charge in [-0.15, -0.1) is 0 Å². The lowest BCUT2D eigenvalue weighted by Gasteiger charge is -2.38. The molecule has 1 amide bonds. The summed E-state index contributed by atoms with van der Waals surface area (Å²) in [5.74, 6) is 0.603. The fourth-order valence-electron chi connectivity index (χ4n) is 3.27. The van der Waals surface area contributed by atoms with Crippen LogP contribution in [0.3, 0.4) is 0 Å². The maximum absolute atomic E-state index is 12.5. The molecule has 2 fully saturated rings. The molecule has 1 unspecified atom stereocenters. The Hall–Kier alpha value is -1.08. The third kappa shape index (κ3) is 3.70. The van der Waals surface area contributed by atoms with E-state index in [1.807, 2.05) is 0 Å². The summed E-state index contributed by atoms with van der Waals surface area (Å²) in [7, 11) is 0. The van der Waals surface area contributed by atoms with Crippen LogP contribution >= 0.6 is 0 Å². The first-order valence-corrected chi connectivity index (χ1v) is 7.62. The summed E-state index contributed by atoms with van der Waals surface area (Å²) in [6.07, 6.45) is 6.12. The van der Waals surface area contributed by atoms with E-state index in [0.29, 0.717) is 18.4 Å². The molecule has 0 bridgehead atoms. The van der Waals surface area contributed by atoms with E-state index in [-0.39, 0.29) is 5.92 Å². The van der Waals surface area contributed by atoms with E-state index in [1.54, 1.807) is 0 Å². The number of amides is 1. The topological polar surface area (TPSA) is 47.3 Å². The first-order valence-electron chi connectivity index (χ1n) is 7.62. The van der Waals surface area contributed by atoms with Crippen LogP contribution in [0, 0.1) is 17.2 Å². The minimum absolute atomic E-state index is 0.221.